The second kappa shape index (κ2) is 10.2. The molecule has 0 saturated carbocycles. The van der Waals surface area contributed by atoms with Gasteiger partial charge in [0.25, 0.3) is 0 Å². The smallest absolute Gasteiger partial charge is 0.233 e. The number of pyridine rings is 1. The zero-order valence-corrected chi connectivity index (χ0v) is 20.4. The average Bonchev–Trinajstić information content (AvgIpc) is 3.39. The molecule has 5 rings (SSSR count). The van der Waals surface area contributed by atoms with Gasteiger partial charge in [-0.05, 0) is 55.3 Å². The van der Waals surface area contributed by atoms with Crippen LogP contribution in [0.2, 0.25) is 0 Å². The number of aliphatic hydroxyl groups excluding tert-OH is 1. The van der Waals surface area contributed by atoms with Crippen LogP contribution >= 0.6 is 0 Å². The van der Waals surface area contributed by atoms with Crippen LogP contribution in [-0.4, -0.2) is 61.6 Å². The first kappa shape index (κ1) is 23.6. The van der Waals surface area contributed by atoms with Gasteiger partial charge in [0, 0.05) is 30.5 Å². The summed E-state index contributed by atoms with van der Waals surface area (Å²) in [6.07, 6.45) is 3.41. The zero-order chi connectivity index (χ0) is 24.3. The number of sulfonamides is 1. The summed E-state index contributed by atoms with van der Waals surface area (Å²) in [5.41, 5.74) is 4.29. The van der Waals surface area contributed by atoms with E-state index in [1.807, 2.05) is 53.4 Å². The number of anilines is 3. The summed E-state index contributed by atoms with van der Waals surface area (Å²) in [5, 5.41) is 13.9. The van der Waals surface area contributed by atoms with Crippen molar-refractivity contribution in [2.24, 2.45) is 0 Å². The highest BCUT2D eigenvalue weighted by atomic mass is 32.2. The highest BCUT2D eigenvalue weighted by Crippen LogP contribution is 2.34. The Labute approximate surface area is 206 Å². The lowest BCUT2D eigenvalue weighted by Crippen LogP contribution is -2.43. The van der Waals surface area contributed by atoms with Crippen LogP contribution in [0, 0.1) is 0 Å². The van der Waals surface area contributed by atoms with Crippen LogP contribution < -0.4 is 14.9 Å². The highest BCUT2D eigenvalue weighted by molar-refractivity contribution is 7.92. The Bertz CT molecular complexity index is 1250. The van der Waals surface area contributed by atoms with E-state index in [9.17, 15) is 13.5 Å². The predicted octanol–water partition coefficient (Wildman–Crippen LogP) is 3.34. The number of hydrogen-bond donors (Lipinski definition) is 3. The Morgan fingerprint density at radius 2 is 1.77 bits per heavy atom. The van der Waals surface area contributed by atoms with Crippen LogP contribution in [0.3, 0.4) is 0 Å². The molecule has 1 saturated heterocycles. The lowest BCUT2D eigenvalue weighted by molar-refractivity contribution is 0.176. The summed E-state index contributed by atoms with van der Waals surface area (Å²) in [4.78, 5) is 8.72. The third kappa shape index (κ3) is 5.75. The van der Waals surface area contributed by atoms with Crippen molar-refractivity contribution in [2.75, 3.05) is 46.9 Å². The second-order valence-corrected chi connectivity index (χ2v) is 11.0. The fourth-order valence-electron chi connectivity index (χ4n) is 4.61. The summed E-state index contributed by atoms with van der Waals surface area (Å²) < 4.78 is 27.7. The molecule has 0 spiro atoms. The van der Waals surface area contributed by atoms with Gasteiger partial charge in [0.2, 0.25) is 10.0 Å². The van der Waals surface area contributed by atoms with E-state index >= 15 is 0 Å². The molecule has 0 radical (unpaired) electrons. The molecule has 2 aliphatic rings. The molecule has 3 N–H and O–H groups in total. The molecule has 184 valence electrons. The third-order valence-electron chi connectivity index (χ3n) is 6.55. The number of fused-ring (bicyclic) bond motifs is 1. The quantitative estimate of drug-likeness (QED) is 0.443. The van der Waals surface area contributed by atoms with Crippen LogP contribution in [0.1, 0.15) is 18.4 Å². The first-order chi connectivity index (χ1) is 17.0. The summed E-state index contributed by atoms with van der Waals surface area (Å²) in [6, 6.07) is 19.4. The van der Waals surface area contributed by atoms with Crippen molar-refractivity contribution in [3.05, 3.63) is 72.4 Å². The Morgan fingerprint density at radius 3 is 2.51 bits per heavy atom. The highest BCUT2D eigenvalue weighted by Gasteiger charge is 2.26. The van der Waals surface area contributed by atoms with E-state index in [1.165, 1.54) is 0 Å². The number of hydrogen-bond acceptors (Lipinski definition) is 7. The van der Waals surface area contributed by atoms with E-state index in [1.54, 1.807) is 18.3 Å². The molecule has 1 aromatic heterocycles. The monoisotopic (exact) mass is 493 g/mol. The molecular weight excluding hydrogens is 462 g/mol. The number of likely N-dealkylation sites (tertiary alicyclic amines) is 1. The van der Waals surface area contributed by atoms with Crippen molar-refractivity contribution in [2.45, 2.75) is 25.6 Å². The summed E-state index contributed by atoms with van der Waals surface area (Å²) >= 11 is 0. The van der Waals surface area contributed by atoms with Gasteiger partial charge in [-0.1, -0.05) is 42.5 Å². The standard InChI is InChI=1S/C26H31N5O3S/c32-25-18-28-26-24(31(25)19-20-6-2-1-3-7-20)16-22(17-27-26)21-8-10-23(11-9-21)29-35(33,34)15-14-30-12-4-5-13-30/h1-3,6-11,16-17,25,29,32H,4-5,12-15,18-19H2,(H,27,28). The number of rotatable bonds is 8. The van der Waals surface area contributed by atoms with E-state index < -0.39 is 16.3 Å². The molecule has 2 aromatic carbocycles. The number of benzene rings is 2. The van der Waals surface area contributed by atoms with Gasteiger partial charge in [-0.2, -0.15) is 0 Å². The Morgan fingerprint density at radius 1 is 1.03 bits per heavy atom. The lowest BCUT2D eigenvalue weighted by atomic mass is 10.1. The number of β-amino-alcohol motifs (C(OH)–C–C–N with tert-alkyl or cyclic N) is 1. The minimum absolute atomic E-state index is 0.0933. The maximum atomic E-state index is 12.5. The molecule has 0 bridgehead atoms. The normalized spacial score (nSPS) is 18.2. The fraction of sp³-hybridized carbons (Fsp3) is 0.346. The van der Waals surface area contributed by atoms with Gasteiger partial charge >= 0.3 is 0 Å². The fourth-order valence-corrected chi connectivity index (χ4v) is 5.71. The molecule has 9 heteroatoms. The van der Waals surface area contributed by atoms with E-state index in [4.69, 9.17) is 0 Å². The maximum Gasteiger partial charge on any atom is 0.233 e. The number of nitrogens with one attached hydrogen (secondary N) is 2. The SMILES string of the molecule is O=S(=O)(CCN1CCCC1)Nc1ccc(-c2cnc3c(c2)N(Cc2ccccc2)C(O)CN3)cc1. The van der Waals surface area contributed by atoms with Crippen molar-refractivity contribution in [3.8, 4) is 11.1 Å². The topological polar surface area (TPSA) is 97.8 Å². The van der Waals surface area contributed by atoms with Crippen molar-refractivity contribution >= 4 is 27.2 Å². The molecule has 3 heterocycles. The average molecular weight is 494 g/mol. The van der Waals surface area contributed by atoms with Crippen molar-refractivity contribution < 1.29 is 13.5 Å². The number of aliphatic hydroxyl groups is 1. The van der Waals surface area contributed by atoms with E-state index in [0.717, 1.165) is 54.1 Å². The van der Waals surface area contributed by atoms with Crippen LogP contribution in [0.5, 0.6) is 0 Å². The molecule has 0 amide bonds. The van der Waals surface area contributed by atoms with Crippen molar-refractivity contribution in [3.63, 3.8) is 0 Å². The molecule has 1 fully saturated rings. The molecule has 1 unspecified atom stereocenters. The van der Waals surface area contributed by atoms with Crippen LogP contribution in [0.15, 0.2) is 66.9 Å². The lowest BCUT2D eigenvalue weighted by Gasteiger charge is -2.36. The van der Waals surface area contributed by atoms with E-state index in [0.29, 0.717) is 25.3 Å². The Hall–Kier alpha value is -3.14. The van der Waals surface area contributed by atoms with E-state index in [2.05, 4.69) is 19.9 Å². The van der Waals surface area contributed by atoms with Gasteiger partial charge in [-0.15, -0.1) is 0 Å². The molecule has 2 aliphatic heterocycles. The molecule has 35 heavy (non-hydrogen) atoms. The molecule has 1 atom stereocenters. The second-order valence-electron chi connectivity index (χ2n) is 9.11. The number of nitrogens with zero attached hydrogens (tertiary/aromatic N) is 3. The first-order valence-corrected chi connectivity index (χ1v) is 13.7. The third-order valence-corrected chi connectivity index (χ3v) is 7.82. The zero-order valence-electron chi connectivity index (χ0n) is 19.6. The van der Waals surface area contributed by atoms with Crippen LogP contribution in [0.4, 0.5) is 17.2 Å². The number of aromatic nitrogens is 1. The molecular formula is C26H31N5O3S. The summed E-state index contributed by atoms with van der Waals surface area (Å²) in [6.45, 7) is 3.50. The van der Waals surface area contributed by atoms with Crippen LogP contribution in [-0.2, 0) is 16.6 Å². The minimum Gasteiger partial charge on any atom is -0.372 e. The summed E-state index contributed by atoms with van der Waals surface area (Å²) in [7, 11) is -3.40. The van der Waals surface area contributed by atoms with Crippen LogP contribution in [0.25, 0.3) is 11.1 Å². The van der Waals surface area contributed by atoms with Gasteiger partial charge in [0.05, 0.1) is 18.0 Å². The van der Waals surface area contributed by atoms with Gasteiger partial charge in [0.1, 0.15) is 12.0 Å². The van der Waals surface area contributed by atoms with Crippen molar-refractivity contribution in [1.29, 1.82) is 0 Å². The van der Waals surface area contributed by atoms with Gasteiger partial charge in [-0.3, -0.25) is 4.72 Å². The molecule has 0 aliphatic carbocycles. The Kier molecular flexibility index (Phi) is 6.90. The first-order valence-electron chi connectivity index (χ1n) is 12.0. The van der Waals surface area contributed by atoms with Gasteiger partial charge in [0.15, 0.2) is 0 Å². The summed E-state index contributed by atoms with van der Waals surface area (Å²) in [5.74, 6) is 0.827. The van der Waals surface area contributed by atoms with Gasteiger partial charge < -0.3 is 20.2 Å². The Balaban J connectivity index is 1.30. The van der Waals surface area contributed by atoms with Crippen molar-refractivity contribution in [1.82, 2.24) is 9.88 Å². The predicted molar refractivity (Wildman–Crippen MR) is 140 cm³/mol. The van der Waals surface area contributed by atoms with E-state index in [-0.39, 0.29) is 5.75 Å². The molecule has 8 nitrogen and oxygen atoms in total. The minimum atomic E-state index is -3.40. The largest absolute Gasteiger partial charge is 0.372 e. The molecule has 3 aromatic rings. The maximum absolute atomic E-state index is 12.5. The van der Waals surface area contributed by atoms with Gasteiger partial charge in [-0.25, -0.2) is 13.4 Å².